The lowest BCUT2D eigenvalue weighted by molar-refractivity contribution is -0.137. The number of carboxylic acids is 1. The Morgan fingerprint density at radius 2 is 1.92 bits per heavy atom. The van der Waals surface area contributed by atoms with Gasteiger partial charge in [0.2, 0.25) is 15.9 Å². The second-order valence-corrected chi connectivity index (χ2v) is 7.87. The van der Waals surface area contributed by atoms with Crippen LogP contribution in [-0.2, 0) is 19.6 Å². The van der Waals surface area contributed by atoms with E-state index in [1.54, 1.807) is 0 Å². The van der Waals surface area contributed by atoms with Crippen LogP contribution in [0, 0.1) is 0 Å². The quantitative estimate of drug-likeness (QED) is 0.728. The number of hydrogen-bond donors (Lipinski definition) is 2. The summed E-state index contributed by atoms with van der Waals surface area (Å²) in [5.74, 6) is -1.07. The van der Waals surface area contributed by atoms with Crippen molar-refractivity contribution in [1.29, 1.82) is 0 Å². The lowest BCUT2D eigenvalue weighted by Crippen LogP contribution is -2.34. The average Bonchev–Trinajstić information content (AvgIpc) is 2.88. The summed E-state index contributed by atoms with van der Waals surface area (Å²) in [4.78, 5) is 23.0. The van der Waals surface area contributed by atoms with Gasteiger partial charge in [-0.1, -0.05) is 30.3 Å². The zero-order chi connectivity index (χ0) is 17.6. The van der Waals surface area contributed by atoms with Gasteiger partial charge in [-0.25, -0.2) is 12.7 Å². The van der Waals surface area contributed by atoms with Gasteiger partial charge in [-0.05, 0) is 18.4 Å². The van der Waals surface area contributed by atoms with E-state index in [4.69, 9.17) is 5.11 Å². The van der Waals surface area contributed by atoms with Crippen LogP contribution < -0.4 is 5.32 Å². The topological polar surface area (TPSA) is 104 Å². The lowest BCUT2D eigenvalue weighted by atomic mass is 10.0. The van der Waals surface area contributed by atoms with Crippen LogP contribution >= 0.6 is 0 Å². The number of rotatable bonds is 8. The number of carbonyl (C=O) groups is 2. The first-order valence-corrected chi connectivity index (χ1v) is 9.53. The highest BCUT2D eigenvalue weighted by molar-refractivity contribution is 7.89. The van der Waals surface area contributed by atoms with Crippen LogP contribution in [0.15, 0.2) is 30.3 Å². The van der Waals surface area contributed by atoms with Crippen LogP contribution in [0.3, 0.4) is 0 Å². The number of sulfonamides is 1. The molecular weight excluding hydrogens is 332 g/mol. The molecule has 24 heavy (non-hydrogen) atoms. The first kappa shape index (κ1) is 18.4. The molecule has 1 aliphatic heterocycles. The van der Waals surface area contributed by atoms with Crippen LogP contribution in [0.2, 0.25) is 0 Å². The number of carbonyl (C=O) groups excluding carboxylic acids is 1. The van der Waals surface area contributed by atoms with Gasteiger partial charge in [-0.15, -0.1) is 0 Å². The number of carboxylic acid groups (broad SMARTS) is 1. The van der Waals surface area contributed by atoms with Crippen molar-refractivity contribution in [2.24, 2.45) is 0 Å². The molecule has 1 amide bonds. The standard InChI is InChI=1S/C16H22N2O5S/c19-15(9-11-18-10-4-12-24(18,22)23)17-14(7-8-16(20)21)13-5-2-1-3-6-13/h1-3,5-6,14H,4,7-12H2,(H,17,19)(H,20,21). The van der Waals surface area contributed by atoms with Gasteiger partial charge in [0.25, 0.3) is 0 Å². The fraction of sp³-hybridized carbons (Fsp3) is 0.500. The first-order valence-electron chi connectivity index (χ1n) is 7.92. The van der Waals surface area contributed by atoms with Crippen molar-refractivity contribution in [3.05, 3.63) is 35.9 Å². The third-order valence-corrected chi connectivity index (χ3v) is 5.93. The van der Waals surface area contributed by atoms with E-state index in [1.165, 1.54) is 4.31 Å². The SMILES string of the molecule is O=C(O)CCC(NC(=O)CCN1CCCS1(=O)=O)c1ccccc1. The summed E-state index contributed by atoms with van der Waals surface area (Å²) in [5.41, 5.74) is 0.834. The predicted molar refractivity (Wildman–Crippen MR) is 88.8 cm³/mol. The third kappa shape index (κ3) is 5.31. The molecule has 2 N–H and O–H groups in total. The van der Waals surface area contributed by atoms with E-state index in [2.05, 4.69) is 5.32 Å². The normalized spacial score (nSPS) is 18.2. The van der Waals surface area contributed by atoms with Crippen molar-refractivity contribution in [1.82, 2.24) is 9.62 Å². The minimum absolute atomic E-state index is 0.0552. The van der Waals surface area contributed by atoms with E-state index >= 15 is 0 Å². The summed E-state index contributed by atoms with van der Waals surface area (Å²) in [7, 11) is -3.21. The summed E-state index contributed by atoms with van der Waals surface area (Å²) < 4.78 is 24.8. The summed E-state index contributed by atoms with van der Waals surface area (Å²) in [6, 6.07) is 8.76. The van der Waals surface area contributed by atoms with Gasteiger partial charge in [0.05, 0.1) is 11.8 Å². The molecule has 1 aromatic rings. The fourth-order valence-corrected chi connectivity index (χ4v) is 4.24. The minimum Gasteiger partial charge on any atom is -0.481 e. The van der Waals surface area contributed by atoms with Crippen LogP contribution in [0.5, 0.6) is 0 Å². The molecule has 2 rings (SSSR count). The third-order valence-electron chi connectivity index (χ3n) is 3.98. The van der Waals surface area contributed by atoms with E-state index in [1.807, 2.05) is 30.3 Å². The Morgan fingerprint density at radius 3 is 2.50 bits per heavy atom. The highest BCUT2D eigenvalue weighted by atomic mass is 32.2. The van der Waals surface area contributed by atoms with Crippen LogP contribution in [0.1, 0.15) is 37.3 Å². The summed E-state index contributed by atoms with van der Waals surface area (Å²) in [6.45, 7) is 0.616. The molecule has 0 saturated carbocycles. The van der Waals surface area contributed by atoms with Crippen molar-refractivity contribution in [2.75, 3.05) is 18.8 Å². The summed E-state index contributed by atoms with van der Waals surface area (Å²) in [5, 5.41) is 11.7. The number of hydrogen-bond acceptors (Lipinski definition) is 4. The van der Waals surface area contributed by atoms with E-state index < -0.39 is 22.0 Å². The molecule has 132 valence electrons. The van der Waals surface area contributed by atoms with Crippen molar-refractivity contribution >= 4 is 21.9 Å². The number of nitrogens with zero attached hydrogens (tertiary/aromatic N) is 1. The average molecular weight is 354 g/mol. The largest absolute Gasteiger partial charge is 0.481 e. The summed E-state index contributed by atoms with van der Waals surface area (Å²) in [6.07, 6.45) is 0.887. The molecule has 0 spiro atoms. The van der Waals surface area contributed by atoms with E-state index in [-0.39, 0.29) is 37.5 Å². The molecule has 7 nitrogen and oxygen atoms in total. The van der Waals surface area contributed by atoms with Crippen molar-refractivity contribution in [3.63, 3.8) is 0 Å². The predicted octanol–water partition coefficient (Wildman–Crippen LogP) is 1.13. The van der Waals surface area contributed by atoms with Gasteiger partial charge in [-0.2, -0.15) is 0 Å². The first-order chi connectivity index (χ1) is 11.4. The monoisotopic (exact) mass is 354 g/mol. The van der Waals surface area contributed by atoms with E-state index in [0.717, 1.165) is 5.56 Å². The second-order valence-electron chi connectivity index (χ2n) is 5.78. The van der Waals surface area contributed by atoms with Crippen LogP contribution in [-0.4, -0.2) is 48.5 Å². The van der Waals surface area contributed by atoms with Gasteiger partial charge in [-0.3, -0.25) is 9.59 Å². The molecule has 0 aromatic heterocycles. The van der Waals surface area contributed by atoms with Gasteiger partial charge in [0.15, 0.2) is 0 Å². The molecule has 1 fully saturated rings. The highest BCUT2D eigenvalue weighted by Gasteiger charge is 2.28. The molecule has 0 aliphatic carbocycles. The van der Waals surface area contributed by atoms with Gasteiger partial charge >= 0.3 is 5.97 Å². The van der Waals surface area contributed by atoms with E-state index in [0.29, 0.717) is 13.0 Å². The Labute approximate surface area is 141 Å². The van der Waals surface area contributed by atoms with Crippen LogP contribution in [0.25, 0.3) is 0 Å². The Morgan fingerprint density at radius 1 is 1.21 bits per heavy atom. The zero-order valence-electron chi connectivity index (χ0n) is 13.3. The van der Waals surface area contributed by atoms with Gasteiger partial charge < -0.3 is 10.4 Å². The van der Waals surface area contributed by atoms with Crippen molar-refractivity contribution in [3.8, 4) is 0 Å². The maximum atomic E-state index is 12.2. The van der Waals surface area contributed by atoms with Gasteiger partial charge in [0.1, 0.15) is 0 Å². The zero-order valence-corrected chi connectivity index (χ0v) is 14.2. The molecule has 8 heteroatoms. The Balaban J connectivity index is 1.93. The number of amides is 1. The molecule has 1 aromatic carbocycles. The number of nitrogens with one attached hydrogen (secondary N) is 1. The molecule has 0 bridgehead atoms. The lowest BCUT2D eigenvalue weighted by Gasteiger charge is -2.20. The Kier molecular flexibility index (Phi) is 6.33. The number of benzene rings is 1. The van der Waals surface area contributed by atoms with Crippen molar-refractivity contribution in [2.45, 2.75) is 31.7 Å². The number of aliphatic carboxylic acids is 1. The van der Waals surface area contributed by atoms with Crippen molar-refractivity contribution < 1.29 is 23.1 Å². The summed E-state index contributed by atoms with van der Waals surface area (Å²) >= 11 is 0. The van der Waals surface area contributed by atoms with E-state index in [9.17, 15) is 18.0 Å². The fourth-order valence-electron chi connectivity index (χ4n) is 2.71. The minimum atomic E-state index is -3.21. The maximum Gasteiger partial charge on any atom is 0.303 e. The maximum absolute atomic E-state index is 12.2. The Bertz CT molecular complexity index is 675. The molecule has 1 aliphatic rings. The molecular formula is C16H22N2O5S. The highest BCUT2D eigenvalue weighted by Crippen LogP contribution is 2.19. The molecule has 1 atom stereocenters. The molecule has 1 heterocycles. The molecule has 1 saturated heterocycles. The second kappa shape index (κ2) is 8.25. The van der Waals surface area contributed by atoms with Crippen LogP contribution in [0.4, 0.5) is 0 Å². The molecule has 1 unspecified atom stereocenters. The van der Waals surface area contributed by atoms with Gasteiger partial charge in [0, 0.05) is 25.9 Å². The molecule has 0 radical (unpaired) electrons. The Hall–Kier alpha value is -1.93. The smallest absolute Gasteiger partial charge is 0.303 e.